The van der Waals surface area contributed by atoms with E-state index in [0.29, 0.717) is 16.1 Å². The fourth-order valence-electron chi connectivity index (χ4n) is 2.43. The first kappa shape index (κ1) is 15.0. The summed E-state index contributed by atoms with van der Waals surface area (Å²) in [7, 11) is 0. The fourth-order valence-corrected chi connectivity index (χ4v) is 2.90. The lowest BCUT2D eigenvalue weighted by Gasteiger charge is -2.19. The summed E-state index contributed by atoms with van der Waals surface area (Å²) in [6, 6.07) is 4.06. The minimum Gasteiger partial charge on any atom is -0.324 e. The van der Waals surface area contributed by atoms with Crippen LogP contribution < -0.4 is 0 Å². The maximum Gasteiger partial charge on any atom is 0.127 e. The number of hydrogen-bond acceptors (Lipinski definition) is 1. The van der Waals surface area contributed by atoms with Crippen molar-refractivity contribution >= 4 is 45.8 Å². The molecular formula is C14H17Cl3N2. The van der Waals surface area contributed by atoms with Gasteiger partial charge < -0.3 is 4.57 Å². The molecule has 2 nitrogen and oxygen atoms in total. The largest absolute Gasteiger partial charge is 0.324 e. The monoisotopic (exact) mass is 318 g/mol. The second-order valence-corrected chi connectivity index (χ2v) is 6.15. The summed E-state index contributed by atoms with van der Waals surface area (Å²) in [5.74, 6) is 0.878. The molecule has 0 saturated heterocycles. The van der Waals surface area contributed by atoms with E-state index in [4.69, 9.17) is 34.8 Å². The van der Waals surface area contributed by atoms with Gasteiger partial charge in [0.2, 0.25) is 0 Å². The molecule has 0 amide bonds. The van der Waals surface area contributed by atoms with Gasteiger partial charge >= 0.3 is 0 Å². The van der Waals surface area contributed by atoms with Crippen LogP contribution in [0.15, 0.2) is 12.1 Å². The van der Waals surface area contributed by atoms with E-state index in [1.807, 2.05) is 13.0 Å². The summed E-state index contributed by atoms with van der Waals surface area (Å²) in [5.41, 5.74) is 1.86. The normalized spacial score (nSPS) is 13.4. The summed E-state index contributed by atoms with van der Waals surface area (Å²) in [6.45, 7) is 6.27. The van der Waals surface area contributed by atoms with Crippen molar-refractivity contribution in [2.24, 2.45) is 0 Å². The van der Waals surface area contributed by atoms with Crippen molar-refractivity contribution in [3.8, 4) is 0 Å². The highest BCUT2D eigenvalue weighted by atomic mass is 35.5. The first-order valence-corrected chi connectivity index (χ1v) is 7.69. The zero-order valence-corrected chi connectivity index (χ0v) is 13.5. The molecule has 0 spiro atoms. The van der Waals surface area contributed by atoms with Crippen LogP contribution in [-0.4, -0.2) is 9.55 Å². The Morgan fingerprint density at radius 3 is 2.26 bits per heavy atom. The van der Waals surface area contributed by atoms with Gasteiger partial charge in [-0.25, -0.2) is 4.98 Å². The van der Waals surface area contributed by atoms with Gasteiger partial charge in [0.1, 0.15) is 5.82 Å². The highest BCUT2D eigenvalue weighted by molar-refractivity contribution is 6.42. The van der Waals surface area contributed by atoms with Gasteiger partial charge in [-0.2, -0.15) is 0 Å². The van der Waals surface area contributed by atoms with Crippen molar-refractivity contribution in [1.29, 1.82) is 0 Å². The maximum absolute atomic E-state index is 6.27. The topological polar surface area (TPSA) is 17.8 Å². The van der Waals surface area contributed by atoms with Crippen molar-refractivity contribution in [2.75, 3.05) is 0 Å². The standard InChI is InChI=1S/C14H17Cl3N2/c1-4-9(5-2)19-13-7-11(17)10(16)6-12(13)18-14(19)8(3)15/h6-9H,4-5H2,1-3H3. The van der Waals surface area contributed by atoms with Crippen molar-refractivity contribution in [3.63, 3.8) is 0 Å². The van der Waals surface area contributed by atoms with Crippen LogP contribution in [0.3, 0.4) is 0 Å². The minimum atomic E-state index is -0.148. The van der Waals surface area contributed by atoms with Gasteiger partial charge in [0, 0.05) is 6.04 Å². The number of benzene rings is 1. The van der Waals surface area contributed by atoms with Gasteiger partial charge in [-0.3, -0.25) is 0 Å². The molecule has 104 valence electrons. The molecule has 0 bridgehead atoms. The van der Waals surface area contributed by atoms with E-state index in [9.17, 15) is 0 Å². The Kier molecular flexibility index (Phi) is 4.65. The number of aromatic nitrogens is 2. The highest BCUT2D eigenvalue weighted by Gasteiger charge is 2.20. The molecule has 1 aromatic heterocycles. The summed E-state index contributed by atoms with van der Waals surface area (Å²) in [6.07, 6.45) is 2.05. The smallest absolute Gasteiger partial charge is 0.127 e. The molecule has 1 atom stereocenters. The van der Waals surface area contributed by atoms with Crippen LogP contribution in [0.25, 0.3) is 11.0 Å². The predicted molar refractivity (Wildman–Crippen MR) is 83.6 cm³/mol. The molecule has 0 aliphatic carbocycles. The van der Waals surface area contributed by atoms with Crippen LogP contribution in [0.2, 0.25) is 10.0 Å². The van der Waals surface area contributed by atoms with Gasteiger partial charge in [-0.15, -0.1) is 11.6 Å². The lowest BCUT2D eigenvalue weighted by molar-refractivity contribution is 0.466. The average molecular weight is 320 g/mol. The van der Waals surface area contributed by atoms with Crippen LogP contribution in [0.1, 0.15) is 50.9 Å². The van der Waals surface area contributed by atoms with Gasteiger partial charge in [-0.1, -0.05) is 37.0 Å². The van der Waals surface area contributed by atoms with E-state index >= 15 is 0 Å². The molecule has 0 N–H and O–H groups in total. The Morgan fingerprint density at radius 1 is 1.16 bits per heavy atom. The molecule has 0 saturated carbocycles. The Morgan fingerprint density at radius 2 is 1.74 bits per heavy atom. The first-order chi connectivity index (χ1) is 8.99. The third-order valence-corrected chi connectivity index (χ3v) is 4.34. The lowest BCUT2D eigenvalue weighted by atomic mass is 10.1. The quantitative estimate of drug-likeness (QED) is 0.631. The third-order valence-electron chi connectivity index (χ3n) is 3.42. The van der Waals surface area contributed by atoms with E-state index in [1.165, 1.54) is 0 Å². The summed E-state index contributed by atoms with van der Waals surface area (Å²) >= 11 is 18.5. The van der Waals surface area contributed by atoms with Crippen LogP contribution in [-0.2, 0) is 0 Å². The number of alkyl halides is 1. The van der Waals surface area contributed by atoms with E-state index in [0.717, 1.165) is 29.7 Å². The van der Waals surface area contributed by atoms with Crippen molar-refractivity contribution in [1.82, 2.24) is 9.55 Å². The highest BCUT2D eigenvalue weighted by Crippen LogP contribution is 2.34. The summed E-state index contributed by atoms with van der Waals surface area (Å²) in [4.78, 5) is 4.62. The van der Waals surface area contributed by atoms with Crippen LogP contribution in [0, 0.1) is 0 Å². The number of imidazole rings is 1. The molecule has 0 radical (unpaired) electrons. The number of fused-ring (bicyclic) bond motifs is 1. The molecule has 2 aromatic rings. The van der Waals surface area contributed by atoms with Crippen molar-refractivity contribution in [2.45, 2.75) is 45.0 Å². The van der Waals surface area contributed by atoms with Crippen LogP contribution in [0.4, 0.5) is 0 Å². The van der Waals surface area contributed by atoms with Crippen molar-refractivity contribution in [3.05, 3.63) is 28.0 Å². The molecule has 19 heavy (non-hydrogen) atoms. The summed E-state index contributed by atoms with van der Waals surface area (Å²) in [5, 5.41) is 0.928. The van der Waals surface area contributed by atoms with Crippen LogP contribution >= 0.6 is 34.8 Å². The minimum absolute atomic E-state index is 0.148. The molecule has 0 aliphatic rings. The van der Waals surface area contributed by atoms with Gasteiger partial charge in [-0.05, 0) is 31.9 Å². The zero-order chi connectivity index (χ0) is 14.2. The second-order valence-electron chi connectivity index (χ2n) is 4.68. The average Bonchev–Trinajstić information content (AvgIpc) is 2.71. The number of nitrogens with zero attached hydrogens (tertiary/aromatic N) is 2. The number of rotatable bonds is 4. The molecule has 2 rings (SSSR count). The third kappa shape index (κ3) is 2.72. The van der Waals surface area contributed by atoms with Gasteiger partial charge in [0.25, 0.3) is 0 Å². The molecule has 0 fully saturated rings. The van der Waals surface area contributed by atoms with Crippen molar-refractivity contribution < 1.29 is 0 Å². The number of halogens is 3. The Balaban J connectivity index is 2.75. The maximum atomic E-state index is 6.27. The molecule has 1 aromatic carbocycles. The predicted octanol–water partition coefficient (Wildman–Crippen LogP) is 6.00. The van der Waals surface area contributed by atoms with E-state index in [1.54, 1.807) is 6.07 Å². The first-order valence-electron chi connectivity index (χ1n) is 6.50. The van der Waals surface area contributed by atoms with E-state index in [-0.39, 0.29) is 5.38 Å². The fraction of sp³-hybridized carbons (Fsp3) is 0.500. The summed E-state index contributed by atoms with van der Waals surface area (Å²) < 4.78 is 2.20. The van der Waals surface area contributed by atoms with Gasteiger partial charge in [0.05, 0.1) is 26.5 Å². The zero-order valence-electron chi connectivity index (χ0n) is 11.3. The SMILES string of the molecule is CCC(CC)n1c(C(C)Cl)nc2cc(Cl)c(Cl)cc21. The Hall–Kier alpha value is -0.440. The number of hydrogen-bond donors (Lipinski definition) is 0. The molecular weight excluding hydrogens is 303 g/mol. The molecule has 1 heterocycles. The van der Waals surface area contributed by atoms with Gasteiger partial charge in [0.15, 0.2) is 0 Å². The second kappa shape index (κ2) is 5.90. The van der Waals surface area contributed by atoms with E-state index < -0.39 is 0 Å². The molecule has 5 heteroatoms. The Bertz CT molecular complexity index is 586. The lowest BCUT2D eigenvalue weighted by Crippen LogP contribution is -2.11. The molecule has 1 unspecified atom stereocenters. The van der Waals surface area contributed by atoms with E-state index in [2.05, 4.69) is 23.4 Å². The molecule has 0 aliphatic heterocycles. The van der Waals surface area contributed by atoms with Crippen LogP contribution in [0.5, 0.6) is 0 Å². The Labute approximate surface area is 128 Å².